The van der Waals surface area contributed by atoms with Crippen LogP contribution in [0.25, 0.3) is 11.0 Å². The number of hydrogen-bond acceptors (Lipinski definition) is 3. The average molecular weight is 285 g/mol. The Bertz CT molecular complexity index is 625. The molecule has 3 heteroatoms. The summed E-state index contributed by atoms with van der Waals surface area (Å²) in [4.78, 5) is 0. The van der Waals surface area contributed by atoms with Gasteiger partial charge in [0.15, 0.2) is 0 Å². The van der Waals surface area contributed by atoms with Crippen molar-refractivity contribution >= 4 is 11.0 Å². The first kappa shape index (κ1) is 14.4. The second-order valence-corrected chi connectivity index (χ2v) is 5.91. The molecule has 0 bridgehead atoms. The Morgan fingerprint density at radius 1 is 1.38 bits per heavy atom. The Morgan fingerprint density at radius 2 is 2.19 bits per heavy atom. The van der Waals surface area contributed by atoms with Crippen LogP contribution in [0.2, 0.25) is 0 Å². The number of hydrogen-bond donors (Lipinski definition) is 1. The molecule has 21 heavy (non-hydrogen) atoms. The maximum atomic E-state index is 6.00. The van der Waals surface area contributed by atoms with E-state index in [1.54, 1.807) is 0 Å². The maximum absolute atomic E-state index is 6.00. The van der Waals surface area contributed by atoms with Crippen molar-refractivity contribution < 1.29 is 9.15 Å². The zero-order valence-electron chi connectivity index (χ0n) is 12.7. The summed E-state index contributed by atoms with van der Waals surface area (Å²) in [7, 11) is 0. The Hall–Kier alpha value is -1.58. The van der Waals surface area contributed by atoms with Crippen LogP contribution in [-0.4, -0.2) is 12.6 Å². The molecule has 1 fully saturated rings. The molecular formula is C18H23NO2. The average Bonchev–Trinajstić information content (AvgIpc) is 3.23. The molecule has 3 rings (SSSR count). The summed E-state index contributed by atoms with van der Waals surface area (Å²) in [6, 6.07) is 8.86. The van der Waals surface area contributed by atoms with Gasteiger partial charge >= 0.3 is 0 Å². The molecule has 0 spiro atoms. The predicted octanol–water partition coefficient (Wildman–Crippen LogP) is 4.17. The molecular weight excluding hydrogens is 262 g/mol. The van der Waals surface area contributed by atoms with Gasteiger partial charge in [0.05, 0.1) is 19.8 Å². The molecule has 0 saturated heterocycles. The minimum Gasteiger partial charge on any atom is -0.459 e. The van der Waals surface area contributed by atoms with Crippen LogP contribution in [0, 0.1) is 0 Å². The molecule has 112 valence electrons. The number of furan rings is 1. The van der Waals surface area contributed by atoms with Crippen LogP contribution >= 0.6 is 0 Å². The highest BCUT2D eigenvalue weighted by Crippen LogP contribution is 2.28. The zero-order valence-corrected chi connectivity index (χ0v) is 12.7. The summed E-state index contributed by atoms with van der Waals surface area (Å²) >= 11 is 0. The molecule has 0 radical (unpaired) electrons. The van der Waals surface area contributed by atoms with E-state index < -0.39 is 0 Å². The van der Waals surface area contributed by atoms with Gasteiger partial charge in [-0.25, -0.2) is 0 Å². The van der Waals surface area contributed by atoms with E-state index in [0.717, 1.165) is 29.9 Å². The molecule has 1 heterocycles. The van der Waals surface area contributed by atoms with Crippen LogP contribution in [0.5, 0.6) is 0 Å². The molecule has 2 aromatic rings. The fraction of sp³-hybridized carbons (Fsp3) is 0.444. The lowest BCUT2D eigenvalue weighted by atomic mass is 10.1. The number of para-hydroxylation sites is 1. The van der Waals surface area contributed by atoms with Gasteiger partial charge in [0, 0.05) is 17.0 Å². The minimum atomic E-state index is 0.603. The predicted molar refractivity (Wildman–Crippen MR) is 85.2 cm³/mol. The second kappa shape index (κ2) is 6.46. The fourth-order valence-corrected chi connectivity index (χ4v) is 2.40. The minimum absolute atomic E-state index is 0.603. The molecule has 0 aliphatic heterocycles. The molecule has 0 unspecified atom stereocenters. The number of rotatable bonds is 8. The van der Waals surface area contributed by atoms with Crippen LogP contribution in [0.15, 0.2) is 40.8 Å². The van der Waals surface area contributed by atoms with Gasteiger partial charge in [-0.1, -0.05) is 23.8 Å². The highest BCUT2D eigenvalue weighted by Gasteiger charge is 2.22. The summed E-state index contributed by atoms with van der Waals surface area (Å²) in [5.41, 5.74) is 3.28. The first-order chi connectivity index (χ1) is 10.2. The second-order valence-electron chi connectivity index (χ2n) is 5.91. The lowest BCUT2D eigenvalue weighted by Gasteiger charge is -2.06. The van der Waals surface area contributed by atoms with E-state index in [1.807, 2.05) is 25.1 Å². The van der Waals surface area contributed by atoms with Crippen molar-refractivity contribution in [3.63, 3.8) is 0 Å². The van der Waals surface area contributed by atoms with E-state index in [-0.39, 0.29) is 0 Å². The van der Waals surface area contributed by atoms with Gasteiger partial charge in [-0.15, -0.1) is 6.58 Å². The van der Waals surface area contributed by atoms with E-state index in [4.69, 9.17) is 9.15 Å². The summed E-state index contributed by atoms with van der Waals surface area (Å²) in [6.07, 6.45) is 3.47. The topological polar surface area (TPSA) is 34.4 Å². The SMILES string of the molecule is C=C(C)CCOCc1c(CNC2CC2)oc2ccccc12. The smallest absolute Gasteiger partial charge is 0.134 e. The van der Waals surface area contributed by atoms with Crippen LogP contribution in [-0.2, 0) is 17.9 Å². The van der Waals surface area contributed by atoms with Crippen LogP contribution in [0.3, 0.4) is 0 Å². The maximum Gasteiger partial charge on any atom is 0.134 e. The number of nitrogens with one attached hydrogen (secondary N) is 1. The van der Waals surface area contributed by atoms with Crippen molar-refractivity contribution in [1.82, 2.24) is 5.32 Å². The molecule has 1 saturated carbocycles. The number of fused-ring (bicyclic) bond motifs is 1. The van der Waals surface area contributed by atoms with E-state index in [9.17, 15) is 0 Å². The molecule has 1 N–H and O–H groups in total. The summed E-state index contributed by atoms with van der Waals surface area (Å²) in [6.45, 7) is 8.04. The van der Waals surface area contributed by atoms with Crippen LogP contribution < -0.4 is 5.32 Å². The van der Waals surface area contributed by atoms with Crippen molar-refractivity contribution in [1.29, 1.82) is 0 Å². The highest BCUT2D eigenvalue weighted by molar-refractivity contribution is 5.82. The largest absolute Gasteiger partial charge is 0.459 e. The zero-order chi connectivity index (χ0) is 14.7. The van der Waals surface area contributed by atoms with Gasteiger partial charge < -0.3 is 14.5 Å². The summed E-state index contributed by atoms with van der Waals surface area (Å²) in [5, 5.41) is 4.69. The van der Waals surface area contributed by atoms with Crippen molar-refractivity contribution in [2.75, 3.05) is 6.61 Å². The Labute approximate surface area is 126 Å². The fourth-order valence-electron chi connectivity index (χ4n) is 2.40. The number of ether oxygens (including phenoxy) is 1. The van der Waals surface area contributed by atoms with Gasteiger partial charge in [0.25, 0.3) is 0 Å². The third-order valence-corrected chi connectivity index (χ3v) is 3.83. The first-order valence-electron chi connectivity index (χ1n) is 7.69. The normalized spacial score (nSPS) is 14.7. The highest BCUT2D eigenvalue weighted by atomic mass is 16.5. The Kier molecular flexibility index (Phi) is 4.42. The van der Waals surface area contributed by atoms with E-state index in [1.165, 1.54) is 23.8 Å². The summed E-state index contributed by atoms with van der Waals surface area (Å²) < 4.78 is 11.8. The van der Waals surface area contributed by atoms with Crippen molar-refractivity contribution in [3.8, 4) is 0 Å². The van der Waals surface area contributed by atoms with Gasteiger partial charge in [-0.05, 0) is 32.3 Å². The van der Waals surface area contributed by atoms with Gasteiger partial charge in [0.1, 0.15) is 11.3 Å². The van der Waals surface area contributed by atoms with E-state index in [2.05, 4.69) is 18.0 Å². The molecule has 1 aliphatic rings. The van der Waals surface area contributed by atoms with Gasteiger partial charge in [-0.3, -0.25) is 0 Å². The molecule has 1 aliphatic carbocycles. The van der Waals surface area contributed by atoms with Crippen LogP contribution in [0.1, 0.15) is 37.5 Å². The quantitative estimate of drug-likeness (QED) is 0.584. The van der Waals surface area contributed by atoms with Gasteiger partial charge in [0.2, 0.25) is 0 Å². The van der Waals surface area contributed by atoms with E-state index >= 15 is 0 Å². The van der Waals surface area contributed by atoms with Gasteiger partial charge in [-0.2, -0.15) is 0 Å². The molecule has 3 nitrogen and oxygen atoms in total. The standard InChI is InChI=1S/C18H23NO2/c1-13(2)9-10-20-12-16-15-5-3-4-6-17(15)21-18(16)11-19-14-7-8-14/h3-6,14,19H,1,7-12H2,2H3. The monoisotopic (exact) mass is 285 g/mol. The van der Waals surface area contributed by atoms with Crippen molar-refractivity contribution in [2.45, 2.75) is 45.4 Å². The Balaban J connectivity index is 1.72. The van der Waals surface area contributed by atoms with Crippen molar-refractivity contribution in [3.05, 3.63) is 47.7 Å². The third-order valence-electron chi connectivity index (χ3n) is 3.83. The molecule has 0 atom stereocenters. The van der Waals surface area contributed by atoms with E-state index in [0.29, 0.717) is 19.3 Å². The Morgan fingerprint density at radius 3 is 2.95 bits per heavy atom. The lowest BCUT2D eigenvalue weighted by Crippen LogP contribution is -2.16. The molecule has 1 aromatic carbocycles. The third kappa shape index (κ3) is 3.74. The lowest BCUT2D eigenvalue weighted by molar-refractivity contribution is 0.123. The van der Waals surface area contributed by atoms with Crippen LogP contribution in [0.4, 0.5) is 0 Å². The number of benzene rings is 1. The van der Waals surface area contributed by atoms with Crippen molar-refractivity contribution in [2.24, 2.45) is 0 Å². The summed E-state index contributed by atoms with van der Waals surface area (Å²) in [5.74, 6) is 1.01. The molecule has 1 aromatic heterocycles. The first-order valence-corrected chi connectivity index (χ1v) is 7.69. The molecule has 0 amide bonds.